The number of nitrogens with one attached hydrogen (secondary N) is 1. The molecule has 2 aliphatic heterocycles. The van der Waals surface area contributed by atoms with Crippen molar-refractivity contribution in [2.75, 3.05) is 31.9 Å². The first-order valence-electron chi connectivity index (χ1n) is 7.27. The fraction of sp³-hybridized carbons (Fsp3) is 0.500. The summed E-state index contributed by atoms with van der Waals surface area (Å²) >= 11 is 4.23. The Kier molecular flexibility index (Phi) is 6.78. The van der Waals surface area contributed by atoms with Gasteiger partial charge >= 0.3 is 5.97 Å². The van der Waals surface area contributed by atoms with Crippen LogP contribution in [0, 0.1) is 0 Å². The number of hydrogen-bond acceptors (Lipinski definition) is 8. The van der Waals surface area contributed by atoms with Crippen molar-refractivity contribution >= 4 is 57.0 Å². The number of Topliss-reactive ketones (excluding diaryl/α,β-unsaturated/α-hetero) is 1. The third kappa shape index (κ3) is 3.76. The molecule has 2 unspecified atom stereocenters. The molecule has 1 saturated heterocycles. The van der Waals surface area contributed by atoms with Crippen molar-refractivity contribution in [1.29, 1.82) is 0 Å². The number of alkyl halides is 1. The molecule has 26 heavy (non-hydrogen) atoms. The number of carboxylic acid groups (broad SMARTS) is 1. The Bertz CT molecular complexity index is 709. The third-order valence-corrected chi connectivity index (χ3v) is 5.49. The number of β-lactam (4-membered cyclic amide) rings is 1. The van der Waals surface area contributed by atoms with Gasteiger partial charge < -0.3 is 20.0 Å². The predicted octanol–water partition coefficient (Wildman–Crippen LogP) is -0.662. The van der Waals surface area contributed by atoms with Gasteiger partial charge in [-0.1, -0.05) is 21.1 Å². The molecule has 0 aromatic heterocycles. The summed E-state index contributed by atoms with van der Waals surface area (Å²) in [7, 11) is 2.62. The van der Waals surface area contributed by atoms with E-state index in [1.54, 1.807) is 0 Å². The van der Waals surface area contributed by atoms with Crippen LogP contribution in [0.1, 0.15) is 0 Å². The number of aliphatic carboxylic acids is 1. The van der Waals surface area contributed by atoms with E-state index in [-0.39, 0.29) is 17.6 Å². The Morgan fingerprint density at radius 2 is 2.12 bits per heavy atom. The van der Waals surface area contributed by atoms with E-state index in [2.05, 4.69) is 31.2 Å². The van der Waals surface area contributed by atoms with E-state index >= 15 is 0 Å². The molecule has 0 aromatic carbocycles. The molecule has 0 radical (unpaired) electrons. The van der Waals surface area contributed by atoms with Crippen LogP contribution in [0.2, 0.25) is 0 Å². The van der Waals surface area contributed by atoms with Crippen LogP contribution in [-0.4, -0.2) is 82.6 Å². The highest BCUT2D eigenvalue weighted by molar-refractivity contribution is 9.09. The molecule has 0 aliphatic carbocycles. The average molecular weight is 450 g/mol. The van der Waals surface area contributed by atoms with Crippen LogP contribution in [0.4, 0.5) is 0 Å². The zero-order chi connectivity index (χ0) is 19.4. The topological polar surface area (TPSA) is 135 Å². The van der Waals surface area contributed by atoms with Crippen LogP contribution >= 0.6 is 27.7 Å². The van der Waals surface area contributed by atoms with Crippen molar-refractivity contribution in [3.8, 4) is 0 Å². The number of fused-ring (bicyclic) bond motifs is 1. The van der Waals surface area contributed by atoms with Gasteiger partial charge in [-0.25, -0.2) is 4.79 Å². The van der Waals surface area contributed by atoms with E-state index in [1.165, 1.54) is 26.0 Å². The number of methoxy groups -OCH3 is 1. The summed E-state index contributed by atoms with van der Waals surface area (Å²) in [6.07, 6.45) is 0. The number of carbonyl (C=O) groups is 4. The first kappa shape index (κ1) is 20.4. The van der Waals surface area contributed by atoms with Crippen LogP contribution in [0.3, 0.4) is 0 Å². The Labute approximate surface area is 161 Å². The van der Waals surface area contributed by atoms with Gasteiger partial charge in [0.05, 0.1) is 11.9 Å². The first-order chi connectivity index (χ1) is 12.4. The standard InChI is InChI=1S/C14H16BrN3O7S/c1-24-4-6-5-26-13-9(12(21)18(13)10(6)14(22)23)16-11(20)8(17-25-2)7(19)3-15/h9,13H,3-5H2,1-2H3,(H,16,20)(H,22,23)/b17-8-. The van der Waals surface area contributed by atoms with Crippen LogP contribution < -0.4 is 5.32 Å². The minimum Gasteiger partial charge on any atom is -0.477 e. The predicted molar refractivity (Wildman–Crippen MR) is 94.8 cm³/mol. The lowest BCUT2D eigenvalue weighted by atomic mass is 10.0. The Balaban J connectivity index is 2.18. The van der Waals surface area contributed by atoms with Gasteiger partial charge in [-0.3, -0.25) is 19.3 Å². The third-order valence-electron chi connectivity index (χ3n) is 3.64. The Hall–Kier alpha value is -1.92. The molecule has 2 amide bonds. The zero-order valence-electron chi connectivity index (χ0n) is 13.9. The number of carboxylic acids is 1. The molecule has 1 fully saturated rings. The smallest absolute Gasteiger partial charge is 0.352 e. The molecular weight excluding hydrogens is 434 g/mol. The van der Waals surface area contributed by atoms with E-state index in [4.69, 9.17) is 4.74 Å². The van der Waals surface area contributed by atoms with Gasteiger partial charge in [0.2, 0.25) is 11.5 Å². The highest BCUT2D eigenvalue weighted by atomic mass is 79.9. The maximum atomic E-state index is 12.4. The van der Waals surface area contributed by atoms with Crippen LogP contribution in [0.5, 0.6) is 0 Å². The summed E-state index contributed by atoms with van der Waals surface area (Å²) in [4.78, 5) is 53.5. The van der Waals surface area contributed by atoms with Crippen LogP contribution in [-0.2, 0) is 28.8 Å². The van der Waals surface area contributed by atoms with E-state index in [0.717, 1.165) is 4.90 Å². The molecule has 2 rings (SSSR count). The molecule has 0 aromatic rings. The second kappa shape index (κ2) is 8.64. The van der Waals surface area contributed by atoms with E-state index in [1.807, 2.05) is 0 Å². The van der Waals surface area contributed by atoms with Crippen molar-refractivity contribution in [3.05, 3.63) is 11.3 Å². The molecule has 2 N–H and O–H groups in total. The Morgan fingerprint density at radius 1 is 1.42 bits per heavy atom. The van der Waals surface area contributed by atoms with E-state index in [0.29, 0.717) is 11.3 Å². The molecule has 0 spiro atoms. The molecule has 2 aliphatic rings. The maximum absolute atomic E-state index is 12.4. The minimum atomic E-state index is -1.24. The second-order valence-corrected chi connectivity index (χ2v) is 6.90. The summed E-state index contributed by atoms with van der Waals surface area (Å²) in [6.45, 7) is 0.0898. The van der Waals surface area contributed by atoms with Crippen LogP contribution in [0.15, 0.2) is 16.4 Å². The number of rotatable bonds is 8. The molecular formula is C14H16BrN3O7S. The minimum absolute atomic E-state index is 0.0898. The molecule has 10 nitrogen and oxygen atoms in total. The average Bonchev–Trinajstić information content (AvgIpc) is 2.62. The molecule has 0 bridgehead atoms. The number of oxime groups is 1. The number of halogens is 1. The quantitative estimate of drug-likeness (QED) is 0.164. The number of thioether (sulfide) groups is 1. The highest BCUT2D eigenvalue weighted by Crippen LogP contribution is 2.40. The van der Waals surface area contributed by atoms with Gasteiger partial charge in [0.1, 0.15) is 24.2 Å². The number of amides is 2. The van der Waals surface area contributed by atoms with Crippen LogP contribution in [0.25, 0.3) is 0 Å². The van der Waals surface area contributed by atoms with Gasteiger partial charge in [0, 0.05) is 12.9 Å². The van der Waals surface area contributed by atoms with E-state index < -0.39 is 40.7 Å². The van der Waals surface area contributed by atoms with Gasteiger partial charge in [-0.15, -0.1) is 11.8 Å². The fourth-order valence-electron chi connectivity index (χ4n) is 2.55. The van der Waals surface area contributed by atoms with Crippen molar-refractivity contribution in [1.82, 2.24) is 10.2 Å². The first-order valence-corrected chi connectivity index (χ1v) is 9.44. The van der Waals surface area contributed by atoms with Gasteiger partial charge in [-0.2, -0.15) is 0 Å². The zero-order valence-corrected chi connectivity index (χ0v) is 16.3. The van der Waals surface area contributed by atoms with Gasteiger partial charge in [-0.05, 0) is 5.57 Å². The Morgan fingerprint density at radius 3 is 2.65 bits per heavy atom. The van der Waals surface area contributed by atoms with Gasteiger partial charge in [0.15, 0.2) is 0 Å². The molecule has 2 heterocycles. The number of hydrogen-bond donors (Lipinski definition) is 2. The lowest BCUT2D eigenvalue weighted by Crippen LogP contribution is -2.71. The molecule has 142 valence electrons. The number of ether oxygens (including phenoxy) is 1. The largest absolute Gasteiger partial charge is 0.477 e. The van der Waals surface area contributed by atoms with Crippen molar-refractivity contribution in [2.24, 2.45) is 5.16 Å². The van der Waals surface area contributed by atoms with Crippen molar-refractivity contribution in [2.45, 2.75) is 11.4 Å². The fourth-order valence-corrected chi connectivity index (χ4v) is 4.14. The SMILES string of the molecule is COCC1=C(C(=O)O)N2C(=O)C(NC(=O)/C(=N\OC)C(=O)CBr)C2SC1. The summed E-state index contributed by atoms with van der Waals surface area (Å²) in [5, 5.41) is 14.5. The normalized spacial score (nSPS) is 22.5. The molecule has 0 saturated carbocycles. The summed E-state index contributed by atoms with van der Waals surface area (Å²) < 4.78 is 4.98. The van der Waals surface area contributed by atoms with E-state index in [9.17, 15) is 24.3 Å². The number of nitrogens with zero attached hydrogens (tertiary/aromatic N) is 2. The lowest BCUT2D eigenvalue weighted by molar-refractivity contribution is -0.150. The highest BCUT2D eigenvalue weighted by Gasteiger charge is 2.54. The summed E-state index contributed by atoms with van der Waals surface area (Å²) in [5.41, 5.74) is -0.130. The lowest BCUT2D eigenvalue weighted by Gasteiger charge is -2.49. The van der Waals surface area contributed by atoms with Crippen molar-refractivity contribution in [3.63, 3.8) is 0 Å². The maximum Gasteiger partial charge on any atom is 0.352 e. The second-order valence-electron chi connectivity index (χ2n) is 5.23. The van der Waals surface area contributed by atoms with Gasteiger partial charge in [0.25, 0.3) is 11.8 Å². The van der Waals surface area contributed by atoms with Crippen molar-refractivity contribution < 1.29 is 33.9 Å². The monoisotopic (exact) mass is 449 g/mol. The summed E-state index contributed by atoms with van der Waals surface area (Å²) in [6, 6.07) is -0.962. The number of ketones is 1. The number of carbonyl (C=O) groups excluding carboxylic acids is 3. The molecule has 12 heteroatoms. The summed E-state index contributed by atoms with van der Waals surface area (Å²) in [5.74, 6) is -2.95. The molecule has 2 atom stereocenters.